The molecule has 0 radical (unpaired) electrons. The predicted octanol–water partition coefficient (Wildman–Crippen LogP) is 4.32. The highest BCUT2D eigenvalue weighted by Crippen LogP contribution is 2.22. The number of aliphatic hydroxyl groups is 1. The Labute approximate surface area is 103 Å². The Bertz CT molecular complexity index is 248. The first-order chi connectivity index (χ1) is 7.84. The molecule has 1 aromatic rings. The molecule has 1 atom stereocenters. The van der Waals surface area contributed by atoms with Crippen molar-refractivity contribution in [2.75, 3.05) is 0 Å². The Hall–Kier alpha value is -0.410. The first-order valence-corrected chi connectivity index (χ1v) is 7.29. The fourth-order valence-electron chi connectivity index (χ4n) is 1.83. The molecule has 1 aromatic heterocycles. The lowest BCUT2D eigenvalue weighted by Gasteiger charge is -2.07. The summed E-state index contributed by atoms with van der Waals surface area (Å²) >= 11 is 1.54. The number of aromatic nitrogens is 1. The van der Waals surface area contributed by atoms with Crippen LogP contribution in [0.25, 0.3) is 0 Å². The molecule has 0 aromatic carbocycles. The lowest BCUT2D eigenvalue weighted by Crippen LogP contribution is -1.94. The van der Waals surface area contributed by atoms with Gasteiger partial charge in [0.05, 0.1) is 16.5 Å². The van der Waals surface area contributed by atoms with Crippen molar-refractivity contribution in [1.29, 1.82) is 0 Å². The van der Waals surface area contributed by atoms with Crippen molar-refractivity contribution in [3.63, 3.8) is 0 Å². The molecule has 0 amide bonds. The van der Waals surface area contributed by atoms with Crippen LogP contribution < -0.4 is 0 Å². The zero-order chi connectivity index (χ0) is 11.6. The number of hydrogen-bond acceptors (Lipinski definition) is 3. The van der Waals surface area contributed by atoms with Crippen LogP contribution >= 0.6 is 11.3 Å². The van der Waals surface area contributed by atoms with Crippen LogP contribution in [0.15, 0.2) is 11.7 Å². The van der Waals surface area contributed by atoms with Crippen LogP contribution in [0.2, 0.25) is 0 Å². The summed E-state index contributed by atoms with van der Waals surface area (Å²) in [5.74, 6) is 0. The van der Waals surface area contributed by atoms with E-state index in [9.17, 15) is 5.11 Å². The van der Waals surface area contributed by atoms with Gasteiger partial charge in [0.15, 0.2) is 0 Å². The SMILES string of the molecule is CCCCCCCCCC(O)c1cncs1. The van der Waals surface area contributed by atoms with E-state index in [1.54, 1.807) is 23.0 Å². The Kier molecular flexibility index (Phi) is 7.43. The Morgan fingerprint density at radius 2 is 1.88 bits per heavy atom. The molecule has 0 aliphatic rings. The molecule has 1 unspecified atom stereocenters. The molecule has 1 heterocycles. The minimum atomic E-state index is -0.289. The minimum Gasteiger partial charge on any atom is -0.388 e. The average Bonchev–Trinajstić information content (AvgIpc) is 2.81. The summed E-state index contributed by atoms with van der Waals surface area (Å²) < 4.78 is 0. The number of hydrogen-bond donors (Lipinski definition) is 1. The van der Waals surface area contributed by atoms with Crippen LogP contribution in [-0.4, -0.2) is 10.1 Å². The molecule has 0 aliphatic heterocycles. The van der Waals surface area contributed by atoms with Gasteiger partial charge < -0.3 is 5.11 Å². The normalized spacial score (nSPS) is 12.9. The van der Waals surface area contributed by atoms with Gasteiger partial charge in [0, 0.05) is 6.20 Å². The van der Waals surface area contributed by atoms with Gasteiger partial charge in [-0.25, -0.2) is 0 Å². The standard InChI is InChI=1S/C13H23NOS/c1-2-3-4-5-6-7-8-9-12(15)13-10-14-11-16-13/h10-12,15H,2-9H2,1H3. The van der Waals surface area contributed by atoms with E-state index in [0.717, 1.165) is 17.7 Å². The van der Waals surface area contributed by atoms with Gasteiger partial charge >= 0.3 is 0 Å². The molecule has 92 valence electrons. The second-order valence-electron chi connectivity index (χ2n) is 4.33. The molecular weight excluding hydrogens is 218 g/mol. The lowest BCUT2D eigenvalue weighted by molar-refractivity contribution is 0.167. The van der Waals surface area contributed by atoms with E-state index in [2.05, 4.69) is 11.9 Å². The molecule has 0 fully saturated rings. The number of rotatable bonds is 9. The minimum absolute atomic E-state index is 0.289. The number of aliphatic hydroxyl groups excluding tert-OH is 1. The predicted molar refractivity (Wildman–Crippen MR) is 69.7 cm³/mol. The third-order valence-corrected chi connectivity index (χ3v) is 3.74. The van der Waals surface area contributed by atoms with Crippen LogP contribution in [0.4, 0.5) is 0 Å². The van der Waals surface area contributed by atoms with E-state index in [4.69, 9.17) is 0 Å². The molecule has 0 bridgehead atoms. The van der Waals surface area contributed by atoms with E-state index in [1.807, 2.05) is 0 Å². The van der Waals surface area contributed by atoms with Crippen molar-refractivity contribution in [2.24, 2.45) is 0 Å². The van der Waals surface area contributed by atoms with Crippen molar-refractivity contribution in [3.8, 4) is 0 Å². The second-order valence-corrected chi connectivity index (χ2v) is 5.25. The number of nitrogens with zero attached hydrogens (tertiary/aromatic N) is 1. The van der Waals surface area contributed by atoms with Gasteiger partial charge in [-0.1, -0.05) is 51.9 Å². The zero-order valence-electron chi connectivity index (χ0n) is 10.2. The van der Waals surface area contributed by atoms with Crippen LogP contribution in [0, 0.1) is 0 Å². The van der Waals surface area contributed by atoms with Crippen molar-refractivity contribution in [3.05, 3.63) is 16.6 Å². The molecule has 1 N–H and O–H groups in total. The Morgan fingerprint density at radius 1 is 1.19 bits per heavy atom. The third kappa shape index (κ3) is 5.61. The molecular formula is C13H23NOS. The van der Waals surface area contributed by atoms with Crippen molar-refractivity contribution < 1.29 is 5.11 Å². The van der Waals surface area contributed by atoms with E-state index in [0.29, 0.717) is 0 Å². The van der Waals surface area contributed by atoms with Gasteiger partial charge in [0.1, 0.15) is 0 Å². The monoisotopic (exact) mass is 241 g/mol. The van der Waals surface area contributed by atoms with E-state index in [1.165, 1.54) is 38.5 Å². The van der Waals surface area contributed by atoms with E-state index >= 15 is 0 Å². The molecule has 0 aliphatic carbocycles. The zero-order valence-corrected chi connectivity index (χ0v) is 11.0. The van der Waals surface area contributed by atoms with E-state index in [-0.39, 0.29) is 6.10 Å². The fourth-order valence-corrected chi connectivity index (χ4v) is 2.47. The summed E-state index contributed by atoms with van der Waals surface area (Å²) in [6.45, 7) is 2.24. The lowest BCUT2D eigenvalue weighted by atomic mass is 10.1. The van der Waals surface area contributed by atoms with Crippen LogP contribution in [0.1, 0.15) is 69.3 Å². The van der Waals surface area contributed by atoms with Gasteiger partial charge in [-0.05, 0) is 6.42 Å². The molecule has 0 saturated carbocycles. The van der Waals surface area contributed by atoms with Crippen molar-refractivity contribution >= 4 is 11.3 Å². The molecule has 2 nitrogen and oxygen atoms in total. The Balaban J connectivity index is 1.95. The summed E-state index contributed by atoms with van der Waals surface area (Å²) in [7, 11) is 0. The van der Waals surface area contributed by atoms with Crippen molar-refractivity contribution in [1.82, 2.24) is 4.98 Å². The quantitative estimate of drug-likeness (QED) is 0.653. The first-order valence-electron chi connectivity index (χ1n) is 6.41. The van der Waals surface area contributed by atoms with Crippen LogP contribution in [0.3, 0.4) is 0 Å². The molecule has 1 rings (SSSR count). The van der Waals surface area contributed by atoms with Gasteiger partial charge in [-0.2, -0.15) is 0 Å². The number of unbranched alkanes of at least 4 members (excludes halogenated alkanes) is 6. The fraction of sp³-hybridized carbons (Fsp3) is 0.769. The second kappa shape index (κ2) is 8.71. The maximum Gasteiger partial charge on any atom is 0.0898 e. The highest BCUT2D eigenvalue weighted by atomic mass is 32.1. The summed E-state index contributed by atoms with van der Waals surface area (Å²) in [6.07, 6.45) is 11.5. The summed E-state index contributed by atoms with van der Waals surface area (Å²) in [4.78, 5) is 4.99. The van der Waals surface area contributed by atoms with Gasteiger partial charge in [0.25, 0.3) is 0 Å². The molecule has 0 spiro atoms. The molecule has 0 saturated heterocycles. The Morgan fingerprint density at radius 3 is 2.50 bits per heavy atom. The van der Waals surface area contributed by atoms with Gasteiger partial charge in [-0.3, -0.25) is 4.98 Å². The smallest absolute Gasteiger partial charge is 0.0898 e. The number of thiazole rings is 1. The molecule has 16 heavy (non-hydrogen) atoms. The maximum atomic E-state index is 9.82. The topological polar surface area (TPSA) is 33.1 Å². The van der Waals surface area contributed by atoms with Crippen LogP contribution in [0.5, 0.6) is 0 Å². The summed E-state index contributed by atoms with van der Waals surface area (Å²) in [6, 6.07) is 0. The summed E-state index contributed by atoms with van der Waals surface area (Å²) in [5.41, 5.74) is 1.78. The first kappa shape index (κ1) is 13.7. The van der Waals surface area contributed by atoms with Gasteiger partial charge in [0.2, 0.25) is 0 Å². The van der Waals surface area contributed by atoms with Gasteiger partial charge in [-0.15, -0.1) is 11.3 Å². The van der Waals surface area contributed by atoms with Crippen molar-refractivity contribution in [2.45, 2.75) is 64.4 Å². The highest BCUT2D eigenvalue weighted by molar-refractivity contribution is 7.09. The maximum absolute atomic E-state index is 9.82. The van der Waals surface area contributed by atoms with Crippen LogP contribution in [-0.2, 0) is 0 Å². The molecule has 3 heteroatoms. The summed E-state index contributed by atoms with van der Waals surface area (Å²) in [5, 5.41) is 9.82. The highest BCUT2D eigenvalue weighted by Gasteiger charge is 2.07. The largest absolute Gasteiger partial charge is 0.388 e. The van der Waals surface area contributed by atoms with E-state index < -0.39 is 0 Å². The average molecular weight is 241 g/mol. The third-order valence-electron chi connectivity index (χ3n) is 2.86.